The van der Waals surface area contributed by atoms with Gasteiger partial charge < -0.3 is 29.4 Å². The lowest BCUT2D eigenvalue weighted by atomic mass is 9.80. The summed E-state index contributed by atoms with van der Waals surface area (Å²) in [4.78, 5) is 33.3. The predicted molar refractivity (Wildman–Crippen MR) is 162 cm³/mol. The maximum Gasteiger partial charge on any atom is 0.356 e. The van der Waals surface area contributed by atoms with Gasteiger partial charge >= 0.3 is 5.97 Å². The molecule has 1 aliphatic carbocycles. The van der Waals surface area contributed by atoms with Gasteiger partial charge in [0.1, 0.15) is 11.3 Å². The van der Waals surface area contributed by atoms with E-state index in [9.17, 15) is 14.7 Å². The Morgan fingerprint density at radius 3 is 2.79 bits per heavy atom. The zero-order valence-corrected chi connectivity index (χ0v) is 25.5. The zero-order chi connectivity index (χ0) is 30.4. The molecule has 0 spiro atoms. The first-order chi connectivity index (χ1) is 20.9. The molecule has 2 aromatic heterocycles. The Bertz CT molecular complexity index is 1380. The van der Waals surface area contributed by atoms with Crippen LogP contribution < -0.4 is 5.32 Å². The number of ether oxygens (including phenoxy) is 2. The van der Waals surface area contributed by atoms with Crippen molar-refractivity contribution in [3.05, 3.63) is 59.8 Å². The average molecular weight is 593 g/mol. The van der Waals surface area contributed by atoms with Crippen LogP contribution in [0.2, 0.25) is 0 Å². The van der Waals surface area contributed by atoms with Crippen molar-refractivity contribution < 1.29 is 24.2 Å². The molecule has 11 heteroatoms. The van der Waals surface area contributed by atoms with Crippen LogP contribution in [-0.2, 0) is 16.0 Å². The van der Waals surface area contributed by atoms with Crippen LogP contribution in [0.15, 0.2) is 42.7 Å². The van der Waals surface area contributed by atoms with Crippen LogP contribution in [0.3, 0.4) is 0 Å². The molecular weight excluding hydrogens is 548 g/mol. The SMILES string of the molecule is CCOC(=O)c1cc(C)nn1CCC[C@@H]1CNCCN1C(=O)c1ncn([C@@H]2CCCC[C@@]2(O)COC)c1-c1ccccc1. The van der Waals surface area contributed by atoms with Crippen LogP contribution >= 0.6 is 0 Å². The quantitative estimate of drug-likeness (QED) is 0.324. The standard InChI is InChI=1S/C32H44N6O5/c1-4-43-31(40)26-19-23(2)35-38(26)17-10-13-25-20-33-16-18-36(25)30(39)28-29(24-11-6-5-7-12-24)37(22-34-28)27-14-8-9-15-32(27,41)21-42-3/h5-7,11-12,19,22,25,27,33,41H,4,8-10,13-18,20-21H2,1-3H3/t25-,27-,32-/m1/s1. The van der Waals surface area contributed by atoms with Crippen LogP contribution in [-0.4, -0.2) is 92.8 Å². The monoisotopic (exact) mass is 592 g/mol. The number of aromatic nitrogens is 4. The number of methoxy groups -OCH3 is 1. The molecule has 1 aliphatic heterocycles. The smallest absolute Gasteiger partial charge is 0.356 e. The molecule has 0 bridgehead atoms. The highest BCUT2D eigenvalue weighted by Gasteiger charge is 2.42. The molecule has 3 atom stereocenters. The first-order valence-electron chi connectivity index (χ1n) is 15.4. The van der Waals surface area contributed by atoms with Crippen molar-refractivity contribution in [3.63, 3.8) is 0 Å². The van der Waals surface area contributed by atoms with E-state index in [-0.39, 0.29) is 30.6 Å². The van der Waals surface area contributed by atoms with Crippen molar-refractivity contribution in [2.24, 2.45) is 0 Å². The van der Waals surface area contributed by atoms with Gasteiger partial charge in [-0.1, -0.05) is 43.2 Å². The highest BCUT2D eigenvalue weighted by Crippen LogP contribution is 2.41. The topological polar surface area (TPSA) is 124 Å². The molecule has 1 saturated heterocycles. The van der Waals surface area contributed by atoms with Gasteiger partial charge in [-0.05, 0) is 45.6 Å². The molecule has 2 aliphatic rings. The highest BCUT2D eigenvalue weighted by atomic mass is 16.5. The Labute approximate surface area is 253 Å². The molecular formula is C32H44N6O5. The van der Waals surface area contributed by atoms with E-state index in [1.807, 2.05) is 46.7 Å². The fourth-order valence-corrected chi connectivity index (χ4v) is 6.64. The van der Waals surface area contributed by atoms with Crippen LogP contribution in [0, 0.1) is 6.92 Å². The van der Waals surface area contributed by atoms with Crippen LogP contribution in [0.1, 0.15) is 78.2 Å². The molecule has 3 aromatic rings. The van der Waals surface area contributed by atoms with E-state index in [1.54, 1.807) is 31.1 Å². The number of imidazole rings is 1. The minimum atomic E-state index is -1.04. The first kappa shape index (κ1) is 30.9. The minimum absolute atomic E-state index is 0.0437. The number of esters is 1. The van der Waals surface area contributed by atoms with E-state index < -0.39 is 5.60 Å². The normalized spacial score (nSPS) is 22.5. The van der Waals surface area contributed by atoms with Crippen molar-refractivity contribution in [3.8, 4) is 11.3 Å². The number of amides is 1. The minimum Gasteiger partial charge on any atom is -0.461 e. The van der Waals surface area contributed by atoms with E-state index in [0.29, 0.717) is 50.6 Å². The van der Waals surface area contributed by atoms with Crippen molar-refractivity contribution in [2.75, 3.05) is 40.0 Å². The van der Waals surface area contributed by atoms with Crippen LogP contribution in [0.4, 0.5) is 0 Å². The van der Waals surface area contributed by atoms with Crippen LogP contribution in [0.5, 0.6) is 0 Å². The molecule has 232 valence electrons. The number of hydrogen-bond donors (Lipinski definition) is 2. The van der Waals surface area contributed by atoms with E-state index in [2.05, 4.69) is 10.4 Å². The number of aryl methyl sites for hydroxylation is 2. The number of nitrogens with one attached hydrogen (secondary N) is 1. The fraction of sp³-hybridized carbons (Fsp3) is 0.562. The molecule has 5 rings (SSSR count). The number of hydrogen-bond acceptors (Lipinski definition) is 8. The van der Waals surface area contributed by atoms with Gasteiger partial charge in [0.05, 0.1) is 37.0 Å². The lowest BCUT2D eigenvalue weighted by Crippen LogP contribution is -2.53. The van der Waals surface area contributed by atoms with Crippen molar-refractivity contribution in [1.82, 2.24) is 29.5 Å². The Morgan fingerprint density at radius 2 is 2.02 bits per heavy atom. The summed E-state index contributed by atoms with van der Waals surface area (Å²) in [5.74, 6) is -0.490. The van der Waals surface area contributed by atoms with Gasteiger partial charge in [-0.3, -0.25) is 9.48 Å². The third-order valence-corrected chi connectivity index (χ3v) is 8.64. The number of carbonyl (C=O) groups excluding carboxylic acids is 2. The molecule has 0 unspecified atom stereocenters. The van der Waals surface area contributed by atoms with Gasteiger partial charge in [-0.2, -0.15) is 5.10 Å². The summed E-state index contributed by atoms with van der Waals surface area (Å²) in [6.45, 7) is 6.66. The van der Waals surface area contributed by atoms with Crippen molar-refractivity contribution in [2.45, 2.75) is 76.6 Å². The number of nitrogens with zero attached hydrogens (tertiary/aromatic N) is 5. The van der Waals surface area contributed by atoms with Crippen molar-refractivity contribution >= 4 is 11.9 Å². The molecule has 0 radical (unpaired) electrons. The molecule has 1 aromatic carbocycles. The van der Waals surface area contributed by atoms with Gasteiger partial charge in [0.25, 0.3) is 5.91 Å². The predicted octanol–water partition coefficient (Wildman–Crippen LogP) is 3.62. The summed E-state index contributed by atoms with van der Waals surface area (Å²) in [6, 6.07) is 11.3. The van der Waals surface area contributed by atoms with Gasteiger partial charge in [-0.25, -0.2) is 9.78 Å². The van der Waals surface area contributed by atoms with Gasteiger partial charge in [-0.15, -0.1) is 0 Å². The summed E-state index contributed by atoms with van der Waals surface area (Å²) >= 11 is 0. The molecule has 2 N–H and O–H groups in total. The molecule has 1 amide bonds. The van der Waals surface area contributed by atoms with E-state index in [1.165, 1.54) is 0 Å². The lowest BCUT2D eigenvalue weighted by Gasteiger charge is -2.41. The van der Waals surface area contributed by atoms with Crippen LogP contribution in [0.25, 0.3) is 11.3 Å². The Morgan fingerprint density at radius 1 is 1.21 bits per heavy atom. The fourth-order valence-electron chi connectivity index (χ4n) is 6.64. The number of piperazine rings is 1. The maximum atomic E-state index is 14.3. The molecule has 11 nitrogen and oxygen atoms in total. The van der Waals surface area contributed by atoms with Gasteiger partial charge in [0.15, 0.2) is 5.69 Å². The summed E-state index contributed by atoms with van der Waals surface area (Å²) < 4.78 is 14.4. The summed E-state index contributed by atoms with van der Waals surface area (Å²) in [5, 5.41) is 19.6. The largest absolute Gasteiger partial charge is 0.461 e. The van der Waals surface area contributed by atoms with E-state index in [0.717, 1.165) is 49.1 Å². The van der Waals surface area contributed by atoms with Crippen molar-refractivity contribution in [1.29, 1.82) is 0 Å². The molecule has 3 heterocycles. The summed E-state index contributed by atoms with van der Waals surface area (Å²) in [7, 11) is 1.61. The Hall–Kier alpha value is -3.54. The number of aliphatic hydroxyl groups is 1. The second-order valence-corrected chi connectivity index (χ2v) is 11.6. The average Bonchev–Trinajstić information content (AvgIpc) is 3.61. The lowest BCUT2D eigenvalue weighted by molar-refractivity contribution is -0.0893. The third kappa shape index (κ3) is 6.68. The second-order valence-electron chi connectivity index (χ2n) is 11.6. The third-order valence-electron chi connectivity index (χ3n) is 8.64. The van der Waals surface area contributed by atoms with E-state index in [4.69, 9.17) is 14.5 Å². The van der Waals surface area contributed by atoms with E-state index >= 15 is 0 Å². The van der Waals surface area contributed by atoms with Gasteiger partial charge in [0, 0.05) is 44.9 Å². The highest BCUT2D eigenvalue weighted by molar-refractivity contribution is 5.98. The number of rotatable bonds is 11. The maximum absolute atomic E-state index is 14.3. The summed E-state index contributed by atoms with van der Waals surface area (Å²) in [5.41, 5.74) is 2.19. The van der Waals surface area contributed by atoms with Gasteiger partial charge in [0.2, 0.25) is 0 Å². The molecule has 43 heavy (non-hydrogen) atoms. The summed E-state index contributed by atoms with van der Waals surface area (Å²) in [6.07, 6.45) is 6.52. The first-order valence-corrected chi connectivity index (χ1v) is 15.4. The number of benzene rings is 1. The zero-order valence-electron chi connectivity index (χ0n) is 25.5. The second kappa shape index (κ2) is 13.8. The Balaban J connectivity index is 1.39. The molecule has 1 saturated carbocycles. The molecule has 2 fully saturated rings. The number of carbonyl (C=O) groups is 2. The Kier molecular flexibility index (Phi) is 9.94.